The van der Waals surface area contributed by atoms with E-state index in [4.69, 9.17) is 9.47 Å². The van der Waals surface area contributed by atoms with Crippen molar-refractivity contribution in [3.8, 4) is 5.75 Å². The summed E-state index contributed by atoms with van der Waals surface area (Å²) >= 11 is 0. The van der Waals surface area contributed by atoms with Crippen LogP contribution in [0.25, 0.3) is 10.9 Å². The van der Waals surface area contributed by atoms with E-state index in [1.54, 1.807) is 7.11 Å². The van der Waals surface area contributed by atoms with Gasteiger partial charge in [-0.05, 0) is 49.1 Å². The highest BCUT2D eigenvalue weighted by Gasteiger charge is 2.58. The number of hydrogen-bond donors (Lipinski definition) is 2. The molecule has 182 valence electrons. The molecule has 2 aromatic carbocycles. The number of anilines is 1. The SMILES string of the molecule is COC(=O)c1[nH]c2ccc(OC)cc2c1C12CCN(C(=O)C3CCCCC3)C1Nc1ccccc12. The predicted molar refractivity (Wildman–Crippen MR) is 134 cm³/mol. The number of hydrogen-bond acceptors (Lipinski definition) is 5. The van der Waals surface area contributed by atoms with Crippen molar-refractivity contribution in [3.05, 3.63) is 59.3 Å². The highest BCUT2D eigenvalue weighted by molar-refractivity contribution is 6.01. The second-order valence-corrected chi connectivity index (χ2v) is 9.96. The minimum Gasteiger partial charge on any atom is -0.497 e. The van der Waals surface area contributed by atoms with Crippen molar-refractivity contribution in [2.24, 2.45) is 5.92 Å². The van der Waals surface area contributed by atoms with E-state index in [2.05, 4.69) is 22.4 Å². The van der Waals surface area contributed by atoms with Crippen LogP contribution < -0.4 is 10.1 Å². The highest BCUT2D eigenvalue weighted by Crippen LogP contribution is 2.56. The van der Waals surface area contributed by atoms with E-state index < -0.39 is 11.4 Å². The minimum absolute atomic E-state index is 0.0770. The lowest BCUT2D eigenvalue weighted by atomic mass is 9.72. The van der Waals surface area contributed by atoms with E-state index in [1.807, 2.05) is 35.2 Å². The van der Waals surface area contributed by atoms with Gasteiger partial charge in [0.05, 0.1) is 19.6 Å². The molecule has 2 fully saturated rings. The van der Waals surface area contributed by atoms with Crippen LogP contribution in [0.5, 0.6) is 5.75 Å². The summed E-state index contributed by atoms with van der Waals surface area (Å²) in [5.41, 5.74) is 3.68. The topological polar surface area (TPSA) is 83.7 Å². The number of aromatic nitrogens is 1. The van der Waals surface area contributed by atoms with Gasteiger partial charge in [0.15, 0.2) is 0 Å². The van der Waals surface area contributed by atoms with Crippen molar-refractivity contribution in [2.75, 3.05) is 26.1 Å². The molecule has 1 aliphatic carbocycles. The van der Waals surface area contributed by atoms with Gasteiger partial charge < -0.3 is 24.7 Å². The zero-order chi connectivity index (χ0) is 24.2. The Morgan fingerprint density at radius 2 is 1.86 bits per heavy atom. The summed E-state index contributed by atoms with van der Waals surface area (Å²) in [5, 5.41) is 4.60. The number of esters is 1. The molecular formula is C28H31N3O4. The number of amides is 1. The molecule has 2 N–H and O–H groups in total. The Bertz CT molecular complexity index is 1310. The first-order chi connectivity index (χ1) is 17.1. The maximum Gasteiger partial charge on any atom is 0.354 e. The Labute approximate surface area is 204 Å². The quantitative estimate of drug-likeness (QED) is 0.531. The standard InChI is InChI=1S/C28H31N3O4/c1-34-18-12-13-21-19(16-18)23(24(29-21)26(33)35-2)28-14-15-31(25(32)17-8-4-3-5-9-17)27(28)30-22-11-7-6-10-20(22)28/h6-7,10-13,16-17,27,29-30H,3-5,8-9,14-15H2,1-2H3. The normalized spacial score (nSPS) is 23.6. The predicted octanol–water partition coefficient (Wildman–Crippen LogP) is 4.81. The molecule has 35 heavy (non-hydrogen) atoms. The molecule has 3 aromatic rings. The van der Waals surface area contributed by atoms with Crippen LogP contribution in [-0.2, 0) is 14.9 Å². The van der Waals surface area contributed by atoms with Gasteiger partial charge in [-0.15, -0.1) is 0 Å². The summed E-state index contributed by atoms with van der Waals surface area (Å²) in [6, 6.07) is 14.0. The number of carbonyl (C=O) groups excluding carboxylic acids is 2. The van der Waals surface area contributed by atoms with Crippen molar-refractivity contribution >= 4 is 28.5 Å². The van der Waals surface area contributed by atoms with Crippen molar-refractivity contribution < 1.29 is 19.1 Å². The lowest BCUT2D eigenvalue weighted by Gasteiger charge is -2.35. The first-order valence-electron chi connectivity index (χ1n) is 12.5. The zero-order valence-electron chi connectivity index (χ0n) is 20.2. The van der Waals surface area contributed by atoms with E-state index in [0.717, 1.165) is 59.2 Å². The molecule has 6 rings (SSSR count). The average molecular weight is 474 g/mol. The smallest absolute Gasteiger partial charge is 0.354 e. The van der Waals surface area contributed by atoms with Gasteiger partial charge in [0.2, 0.25) is 5.91 Å². The molecule has 0 spiro atoms. The minimum atomic E-state index is -0.588. The lowest BCUT2D eigenvalue weighted by Crippen LogP contribution is -2.49. The van der Waals surface area contributed by atoms with Crippen LogP contribution in [0.1, 0.15) is 60.1 Å². The second kappa shape index (κ2) is 8.33. The Kier molecular flexibility index (Phi) is 5.24. The van der Waals surface area contributed by atoms with E-state index >= 15 is 0 Å². The molecule has 2 unspecified atom stereocenters. The Morgan fingerprint density at radius 1 is 1.06 bits per heavy atom. The molecule has 7 heteroatoms. The number of para-hydroxylation sites is 1. The number of carbonyl (C=O) groups is 2. The Hall–Kier alpha value is -3.48. The summed E-state index contributed by atoms with van der Waals surface area (Å²) in [4.78, 5) is 32.3. The number of methoxy groups -OCH3 is 2. The molecule has 2 atom stereocenters. The molecule has 2 aliphatic heterocycles. The van der Waals surface area contributed by atoms with Crippen LogP contribution >= 0.6 is 0 Å². The first kappa shape index (κ1) is 22.0. The van der Waals surface area contributed by atoms with Crippen LogP contribution in [0.2, 0.25) is 0 Å². The molecule has 3 aliphatic rings. The van der Waals surface area contributed by atoms with Crippen molar-refractivity contribution in [1.82, 2.24) is 9.88 Å². The maximum atomic E-state index is 13.8. The molecule has 0 bridgehead atoms. The monoisotopic (exact) mass is 473 g/mol. The maximum absolute atomic E-state index is 13.8. The van der Waals surface area contributed by atoms with E-state index in [0.29, 0.717) is 18.7 Å². The summed E-state index contributed by atoms with van der Waals surface area (Å²) in [6.07, 6.45) is 5.79. The number of H-pyrrole nitrogens is 1. The summed E-state index contributed by atoms with van der Waals surface area (Å²) in [5.74, 6) is 0.612. The van der Waals surface area contributed by atoms with Crippen LogP contribution in [0, 0.1) is 5.92 Å². The van der Waals surface area contributed by atoms with E-state index in [-0.39, 0.29) is 18.0 Å². The molecular weight excluding hydrogens is 442 g/mol. The summed E-state index contributed by atoms with van der Waals surface area (Å²) in [7, 11) is 3.05. The number of benzene rings is 2. The average Bonchev–Trinajstić information content (AvgIpc) is 3.56. The zero-order valence-corrected chi connectivity index (χ0v) is 20.2. The number of likely N-dealkylation sites (tertiary alicyclic amines) is 1. The van der Waals surface area contributed by atoms with Gasteiger partial charge >= 0.3 is 5.97 Å². The number of nitrogens with one attached hydrogen (secondary N) is 2. The second-order valence-electron chi connectivity index (χ2n) is 9.96. The lowest BCUT2D eigenvalue weighted by molar-refractivity contribution is -0.137. The van der Waals surface area contributed by atoms with Crippen LogP contribution in [0.3, 0.4) is 0 Å². The summed E-state index contributed by atoms with van der Waals surface area (Å²) < 4.78 is 10.8. The number of fused-ring (bicyclic) bond motifs is 4. The fraction of sp³-hybridized carbons (Fsp3) is 0.429. The molecule has 1 saturated heterocycles. The van der Waals surface area contributed by atoms with Crippen molar-refractivity contribution in [2.45, 2.75) is 50.1 Å². The van der Waals surface area contributed by atoms with Gasteiger partial charge in [-0.2, -0.15) is 0 Å². The fourth-order valence-corrected chi connectivity index (χ4v) is 6.69. The summed E-state index contributed by atoms with van der Waals surface area (Å²) in [6.45, 7) is 0.637. The third-order valence-electron chi connectivity index (χ3n) is 8.30. The first-order valence-corrected chi connectivity index (χ1v) is 12.5. The number of aromatic amines is 1. The van der Waals surface area contributed by atoms with Crippen molar-refractivity contribution in [3.63, 3.8) is 0 Å². The third kappa shape index (κ3) is 3.17. The van der Waals surface area contributed by atoms with Gasteiger partial charge in [0.1, 0.15) is 17.6 Å². The molecule has 7 nitrogen and oxygen atoms in total. The van der Waals surface area contributed by atoms with Crippen LogP contribution in [0.4, 0.5) is 5.69 Å². The van der Waals surface area contributed by atoms with E-state index in [1.165, 1.54) is 13.5 Å². The Balaban J connectivity index is 1.57. The van der Waals surface area contributed by atoms with Crippen molar-refractivity contribution in [1.29, 1.82) is 0 Å². The largest absolute Gasteiger partial charge is 0.497 e. The number of nitrogens with zero attached hydrogens (tertiary/aromatic N) is 1. The fourth-order valence-electron chi connectivity index (χ4n) is 6.69. The third-order valence-corrected chi connectivity index (χ3v) is 8.30. The van der Waals surface area contributed by atoms with Gasteiger partial charge in [0, 0.05) is 34.6 Å². The van der Waals surface area contributed by atoms with Gasteiger partial charge in [-0.25, -0.2) is 4.79 Å². The number of rotatable bonds is 4. The van der Waals surface area contributed by atoms with Crippen LogP contribution in [0.15, 0.2) is 42.5 Å². The number of ether oxygens (including phenoxy) is 2. The molecule has 0 radical (unpaired) electrons. The van der Waals surface area contributed by atoms with Gasteiger partial charge in [0.25, 0.3) is 0 Å². The highest BCUT2D eigenvalue weighted by atomic mass is 16.5. The van der Waals surface area contributed by atoms with Gasteiger partial charge in [-0.3, -0.25) is 4.79 Å². The Morgan fingerprint density at radius 3 is 2.63 bits per heavy atom. The molecule has 3 heterocycles. The van der Waals surface area contributed by atoms with E-state index in [9.17, 15) is 9.59 Å². The molecule has 1 aromatic heterocycles. The van der Waals surface area contributed by atoms with Crippen LogP contribution in [-0.4, -0.2) is 48.7 Å². The molecule has 1 amide bonds. The van der Waals surface area contributed by atoms with Gasteiger partial charge in [-0.1, -0.05) is 37.5 Å². The molecule has 1 saturated carbocycles.